The number of thioether (sulfide) groups is 2. The van der Waals surface area contributed by atoms with Crippen LogP contribution in [0.2, 0.25) is 5.02 Å². The summed E-state index contributed by atoms with van der Waals surface area (Å²) in [6, 6.07) is 5.59. The van der Waals surface area contributed by atoms with Crippen molar-refractivity contribution in [1.82, 2.24) is 0 Å². The molecule has 0 bridgehead atoms. The first kappa shape index (κ1) is 17.0. The van der Waals surface area contributed by atoms with Crippen LogP contribution in [-0.2, 0) is 9.53 Å². The normalized spacial score (nSPS) is 18.0. The molecule has 124 valence electrons. The van der Waals surface area contributed by atoms with E-state index in [2.05, 4.69) is 15.2 Å². The Morgan fingerprint density at radius 3 is 3.00 bits per heavy atom. The van der Waals surface area contributed by atoms with Crippen molar-refractivity contribution < 1.29 is 9.53 Å². The molecule has 1 N–H and O–H groups in total. The number of carbonyl (C=O) groups excluding carboxylic acids is 1. The number of morpholine rings is 1. The second-order valence-corrected chi connectivity index (χ2v) is 7.78. The fraction of sp³-hybridized carbons (Fsp3) is 0.467. The molecule has 0 aliphatic carbocycles. The Hall–Kier alpha value is -0.890. The van der Waals surface area contributed by atoms with Gasteiger partial charge in [0, 0.05) is 18.8 Å². The molecule has 1 amide bonds. The quantitative estimate of drug-likeness (QED) is 0.881. The number of halogens is 1. The summed E-state index contributed by atoms with van der Waals surface area (Å²) in [5, 5.41) is 3.63. The molecule has 0 radical (unpaired) electrons. The van der Waals surface area contributed by atoms with Gasteiger partial charge in [0.25, 0.3) is 0 Å². The lowest BCUT2D eigenvalue weighted by Crippen LogP contribution is -2.37. The summed E-state index contributed by atoms with van der Waals surface area (Å²) in [6.45, 7) is 3.74. The molecular weight excluding hydrogens is 354 g/mol. The van der Waals surface area contributed by atoms with Gasteiger partial charge in [-0.1, -0.05) is 41.2 Å². The van der Waals surface area contributed by atoms with Crippen molar-refractivity contribution in [2.45, 2.75) is 0 Å². The number of ether oxygens (including phenoxy) is 1. The summed E-state index contributed by atoms with van der Waals surface area (Å²) >= 11 is 9.57. The largest absolute Gasteiger partial charge is 0.378 e. The van der Waals surface area contributed by atoms with Gasteiger partial charge in [0.15, 0.2) is 0 Å². The van der Waals surface area contributed by atoms with Gasteiger partial charge in [0.2, 0.25) is 5.91 Å². The molecule has 0 unspecified atom stereocenters. The van der Waals surface area contributed by atoms with Crippen molar-refractivity contribution in [3.05, 3.63) is 23.2 Å². The van der Waals surface area contributed by atoms with E-state index in [1.165, 1.54) is 11.8 Å². The minimum atomic E-state index is -0.0398. The van der Waals surface area contributed by atoms with Crippen LogP contribution >= 0.6 is 35.1 Å². The highest BCUT2D eigenvalue weighted by molar-refractivity contribution is 8.39. The zero-order valence-corrected chi connectivity index (χ0v) is 15.0. The first-order valence-corrected chi connectivity index (χ1v) is 9.80. The molecule has 8 heteroatoms. The summed E-state index contributed by atoms with van der Waals surface area (Å²) < 4.78 is 6.39. The number of aliphatic imine (C=N–C) groups is 1. The number of hydrogen-bond acceptors (Lipinski definition) is 6. The standard InChI is InChI=1S/C15H18ClN3O2S2/c16-11-2-1-3-12(14(11)19-5-7-21-8-6-19)18-13(20)10-23-15-17-4-9-22-15/h1-3H,4-10H2,(H,18,20). The molecule has 0 atom stereocenters. The second kappa shape index (κ2) is 8.28. The summed E-state index contributed by atoms with van der Waals surface area (Å²) in [7, 11) is 0. The Morgan fingerprint density at radius 1 is 1.43 bits per heavy atom. The van der Waals surface area contributed by atoms with Gasteiger partial charge in [-0.2, -0.15) is 0 Å². The zero-order chi connectivity index (χ0) is 16.1. The van der Waals surface area contributed by atoms with Crippen molar-refractivity contribution in [3.63, 3.8) is 0 Å². The Bertz CT molecular complexity index is 606. The Kier molecular flexibility index (Phi) is 6.10. The Morgan fingerprint density at radius 2 is 2.26 bits per heavy atom. The number of nitrogens with one attached hydrogen (secondary N) is 1. The fourth-order valence-corrected chi connectivity index (χ4v) is 4.54. The monoisotopic (exact) mass is 371 g/mol. The number of rotatable bonds is 4. The highest BCUT2D eigenvalue weighted by atomic mass is 35.5. The van der Waals surface area contributed by atoms with E-state index in [1.807, 2.05) is 18.2 Å². The lowest BCUT2D eigenvalue weighted by atomic mass is 10.2. The Labute approximate surface area is 149 Å². The number of benzene rings is 1. The maximum absolute atomic E-state index is 12.2. The van der Waals surface area contributed by atoms with Crippen LogP contribution in [-0.4, -0.2) is 54.6 Å². The predicted molar refractivity (Wildman–Crippen MR) is 100 cm³/mol. The molecule has 0 spiro atoms. The summed E-state index contributed by atoms with van der Waals surface area (Å²) in [4.78, 5) is 18.7. The van der Waals surface area contributed by atoms with Gasteiger partial charge in [-0.25, -0.2) is 0 Å². The zero-order valence-electron chi connectivity index (χ0n) is 12.6. The van der Waals surface area contributed by atoms with Crippen molar-refractivity contribution in [2.75, 3.05) is 54.6 Å². The van der Waals surface area contributed by atoms with Crippen molar-refractivity contribution in [3.8, 4) is 0 Å². The average molecular weight is 372 g/mol. The van der Waals surface area contributed by atoms with E-state index in [1.54, 1.807) is 11.8 Å². The van der Waals surface area contributed by atoms with Crippen LogP contribution in [0.3, 0.4) is 0 Å². The molecule has 1 aromatic rings. The number of nitrogens with zero attached hydrogens (tertiary/aromatic N) is 2. The molecule has 0 saturated carbocycles. The first-order chi connectivity index (χ1) is 11.2. The molecule has 1 saturated heterocycles. The highest BCUT2D eigenvalue weighted by Crippen LogP contribution is 2.34. The lowest BCUT2D eigenvalue weighted by molar-refractivity contribution is -0.113. The fourth-order valence-electron chi connectivity index (χ4n) is 2.44. The maximum Gasteiger partial charge on any atom is 0.234 e. The van der Waals surface area contributed by atoms with E-state index < -0.39 is 0 Å². The van der Waals surface area contributed by atoms with Crippen LogP contribution in [0, 0.1) is 0 Å². The molecule has 3 rings (SSSR count). The van der Waals surface area contributed by atoms with Crippen LogP contribution in [0.15, 0.2) is 23.2 Å². The number of amides is 1. The van der Waals surface area contributed by atoms with E-state index in [0.717, 1.165) is 41.1 Å². The van der Waals surface area contributed by atoms with Crippen molar-refractivity contribution >= 4 is 56.8 Å². The molecular formula is C15H18ClN3O2S2. The second-order valence-electron chi connectivity index (χ2n) is 5.07. The third-order valence-electron chi connectivity index (χ3n) is 3.47. The van der Waals surface area contributed by atoms with Gasteiger partial charge in [-0.15, -0.1) is 0 Å². The molecule has 2 aliphatic heterocycles. The van der Waals surface area contributed by atoms with Gasteiger partial charge in [0.1, 0.15) is 4.38 Å². The van der Waals surface area contributed by atoms with E-state index in [-0.39, 0.29) is 5.91 Å². The van der Waals surface area contributed by atoms with E-state index >= 15 is 0 Å². The van der Waals surface area contributed by atoms with E-state index in [9.17, 15) is 4.79 Å². The van der Waals surface area contributed by atoms with E-state index in [4.69, 9.17) is 16.3 Å². The molecule has 2 heterocycles. The minimum absolute atomic E-state index is 0.0398. The number of hydrogen-bond donors (Lipinski definition) is 1. The average Bonchev–Trinajstić information content (AvgIpc) is 3.07. The third kappa shape index (κ3) is 4.56. The molecule has 1 aromatic carbocycles. The van der Waals surface area contributed by atoms with Crippen molar-refractivity contribution in [1.29, 1.82) is 0 Å². The van der Waals surface area contributed by atoms with Gasteiger partial charge in [0.05, 0.1) is 41.9 Å². The topological polar surface area (TPSA) is 53.9 Å². The van der Waals surface area contributed by atoms with Gasteiger partial charge >= 0.3 is 0 Å². The summed E-state index contributed by atoms with van der Waals surface area (Å²) in [6.07, 6.45) is 0. The smallest absolute Gasteiger partial charge is 0.234 e. The lowest BCUT2D eigenvalue weighted by Gasteiger charge is -2.31. The Balaban J connectivity index is 1.66. The maximum atomic E-state index is 12.2. The predicted octanol–water partition coefficient (Wildman–Crippen LogP) is 2.95. The van der Waals surface area contributed by atoms with Crippen LogP contribution < -0.4 is 10.2 Å². The highest BCUT2D eigenvalue weighted by Gasteiger charge is 2.19. The van der Waals surface area contributed by atoms with Crippen LogP contribution in [0.5, 0.6) is 0 Å². The minimum Gasteiger partial charge on any atom is -0.378 e. The molecule has 5 nitrogen and oxygen atoms in total. The SMILES string of the molecule is O=C(CSC1=NCCS1)Nc1cccc(Cl)c1N1CCOCC1. The van der Waals surface area contributed by atoms with Crippen LogP contribution in [0.1, 0.15) is 0 Å². The van der Waals surface area contributed by atoms with Gasteiger partial charge in [-0.05, 0) is 12.1 Å². The summed E-state index contributed by atoms with van der Waals surface area (Å²) in [5.41, 5.74) is 1.63. The van der Waals surface area contributed by atoms with Crippen LogP contribution in [0.4, 0.5) is 11.4 Å². The van der Waals surface area contributed by atoms with Gasteiger partial charge < -0.3 is 15.0 Å². The third-order valence-corrected chi connectivity index (χ3v) is 6.03. The number of para-hydroxylation sites is 1. The number of carbonyl (C=O) groups is 1. The molecule has 0 aromatic heterocycles. The molecule has 2 aliphatic rings. The molecule has 23 heavy (non-hydrogen) atoms. The first-order valence-electron chi connectivity index (χ1n) is 7.45. The summed E-state index contributed by atoms with van der Waals surface area (Å²) in [5.74, 6) is 1.34. The molecule has 1 fully saturated rings. The van der Waals surface area contributed by atoms with Crippen molar-refractivity contribution in [2.24, 2.45) is 4.99 Å². The van der Waals surface area contributed by atoms with Gasteiger partial charge in [-0.3, -0.25) is 9.79 Å². The van der Waals surface area contributed by atoms with E-state index in [0.29, 0.717) is 24.0 Å². The number of anilines is 2. The van der Waals surface area contributed by atoms with Crippen LogP contribution in [0.25, 0.3) is 0 Å².